The summed E-state index contributed by atoms with van der Waals surface area (Å²) in [5.74, 6) is 1.10. The van der Waals surface area contributed by atoms with Crippen molar-refractivity contribution in [3.05, 3.63) is 59.1 Å². The van der Waals surface area contributed by atoms with Gasteiger partial charge in [-0.1, -0.05) is 49.6 Å². The van der Waals surface area contributed by atoms with E-state index in [0.29, 0.717) is 28.8 Å². The Balaban J connectivity index is 1.98. The van der Waals surface area contributed by atoms with Gasteiger partial charge < -0.3 is 14.8 Å². The van der Waals surface area contributed by atoms with Crippen molar-refractivity contribution in [2.75, 3.05) is 19.0 Å². The molecule has 0 aliphatic rings. The molecule has 1 N–H and O–H groups in total. The van der Waals surface area contributed by atoms with E-state index >= 15 is 0 Å². The molecule has 0 aliphatic carbocycles. The molecule has 4 nitrogen and oxygen atoms in total. The molecule has 0 unspecified atom stereocenters. The van der Waals surface area contributed by atoms with Crippen molar-refractivity contribution in [3.8, 4) is 11.5 Å². The molecule has 2 aromatic rings. The number of para-hydroxylation sites is 1. The third kappa shape index (κ3) is 6.12. The van der Waals surface area contributed by atoms with Crippen LogP contribution in [0, 0.1) is 0 Å². The smallest absolute Gasteiger partial charge is 0.248 e. The summed E-state index contributed by atoms with van der Waals surface area (Å²) in [5, 5.41) is 3.25. The lowest BCUT2D eigenvalue weighted by Crippen LogP contribution is -2.07. The maximum absolute atomic E-state index is 12.0. The molecule has 0 saturated heterocycles. The minimum atomic E-state index is -0.253. The molecular weight excluding hydrogens is 350 g/mol. The molecular formula is C21H24ClNO3. The zero-order valence-electron chi connectivity index (χ0n) is 15.1. The van der Waals surface area contributed by atoms with Crippen LogP contribution in [-0.4, -0.2) is 19.6 Å². The first-order valence-electron chi connectivity index (χ1n) is 8.68. The number of amides is 1. The maximum atomic E-state index is 12.0. The molecule has 0 fully saturated rings. The summed E-state index contributed by atoms with van der Waals surface area (Å²) in [6.45, 7) is 2.82. The Morgan fingerprint density at radius 1 is 1.15 bits per heavy atom. The van der Waals surface area contributed by atoms with Crippen molar-refractivity contribution in [2.24, 2.45) is 0 Å². The molecule has 26 heavy (non-hydrogen) atoms. The fourth-order valence-electron chi connectivity index (χ4n) is 2.35. The Labute approximate surface area is 159 Å². The monoisotopic (exact) mass is 373 g/mol. The van der Waals surface area contributed by atoms with Crippen molar-refractivity contribution in [1.82, 2.24) is 0 Å². The lowest BCUT2D eigenvalue weighted by atomic mass is 10.2. The van der Waals surface area contributed by atoms with Gasteiger partial charge in [-0.25, -0.2) is 0 Å². The Kier molecular flexibility index (Phi) is 8.03. The van der Waals surface area contributed by atoms with Crippen LogP contribution in [0.15, 0.2) is 48.5 Å². The average Bonchev–Trinajstić information content (AvgIpc) is 2.66. The molecule has 2 rings (SSSR count). The van der Waals surface area contributed by atoms with E-state index in [1.54, 1.807) is 25.3 Å². The van der Waals surface area contributed by atoms with E-state index in [1.165, 1.54) is 6.08 Å². The highest BCUT2D eigenvalue weighted by Crippen LogP contribution is 2.29. The number of benzene rings is 2. The minimum absolute atomic E-state index is 0.253. The molecule has 0 heterocycles. The van der Waals surface area contributed by atoms with Crippen LogP contribution in [0.25, 0.3) is 6.08 Å². The summed E-state index contributed by atoms with van der Waals surface area (Å²) in [4.78, 5) is 12.0. The number of hydrogen-bond acceptors (Lipinski definition) is 3. The second-order valence-electron chi connectivity index (χ2n) is 5.77. The molecule has 0 spiro atoms. The fourth-order valence-corrected chi connectivity index (χ4v) is 2.53. The Morgan fingerprint density at radius 3 is 2.69 bits per heavy atom. The third-order valence-corrected chi connectivity index (χ3v) is 4.08. The van der Waals surface area contributed by atoms with Crippen molar-refractivity contribution in [1.29, 1.82) is 0 Å². The molecule has 0 atom stereocenters. The number of hydrogen-bond donors (Lipinski definition) is 1. The Morgan fingerprint density at radius 2 is 1.96 bits per heavy atom. The van der Waals surface area contributed by atoms with Gasteiger partial charge in [0.25, 0.3) is 0 Å². The van der Waals surface area contributed by atoms with Crippen LogP contribution in [0.1, 0.15) is 31.7 Å². The van der Waals surface area contributed by atoms with Gasteiger partial charge >= 0.3 is 0 Å². The number of methoxy groups -OCH3 is 1. The second-order valence-corrected chi connectivity index (χ2v) is 6.18. The van der Waals surface area contributed by atoms with Crippen LogP contribution in [0.2, 0.25) is 5.02 Å². The average molecular weight is 374 g/mol. The SMILES string of the molecule is CCCCCOc1ccc(C=CC(=O)Nc2ccccc2Cl)cc1OC. The highest BCUT2D eigenvalue weighted by molar-refractivity contribution is 6.33. The second kappa shape index (κ2) is 10.5. The summed E-state index contributed by atoms with van der Waals surface area (Å²) in [7, 11) is 1.60. The van der Waals surface area contributed by atoms with Crippen LogP contribution in [0.3, 0.4) is 0 Å². The van der Waals surface area contributed by atoms with Gasteiger partial charge in [0.1, 0.15) is 0 Å². The van der Waals surface area contributed by atoms with Gasteiger partial charge in [0, 0.05) is 6.08 Å². The minimum Gasteiger partial charge on any atom is -0.493 e. The first kappa shape index (κ1) is 19.9. The van der Waals surface area contributed by atoms with Gasteiger partial charge in [-0.05, 0) is 42.3 Å². The predicted molar refractivity (Wildman–Crippen MR) is 107 cm³/mol. The van der Waals surface area contributed by atoms with Crippen molar-refractivity contribution in [3.63, 3.8) is 0 Å². The zero-order valence-corrected chi connectivity index (χ0v) is 15.9. The fraction of sp³-hybridized carbons (Fsp3) is 0.286. The molecule has 0 radical (unpaired) electrons. The quantitative estimate of drug-likeness (QED) is 0.461. The van der Waals surface area contributed by atoms with E-state index in [4.69, 9.17) is 21.1 Å². The van der Waals surface area contributed by atoms with Crippen LogP contribution in [0.5, 0.6) is 11.5 Å². The van der Waals surface area contributed by atoms with Gasteiger partial charge in [-0.2, -0.15) is 0 Å². The van der Waals surface area contributed by atoms with Crippen molar-refractivity contribution in [2.45, 2.75) is 26.2 Å². The van der Waals surface area contributed by atoms with Crippen LogP contribution in [-0.2, 0) is 4.79 Å². The van der Waals surface area contributed by atoms with E-state index in [-0.39, 0.29) is 5.91 Å². The van der Waals surface area contributed by atoms with Gasteiger partial charge in [0.15, 0.2) is 11.5 Å². The highest BCUT2D eigenvalue weighted by atomic mass is 35.5. The molecule has 138 valence electrons. The molecule has 1 amide bonds. The number of rotatable bonds is 9. The molecule has 5 heteroatoms. The summed E-state index contributed by atoms with van der Waals surface area (Å²) in [5.41, 5.74) is 1.43. The number of unbranched alkanes of at least 4 members (excludes halogenated alkanes) is 2. The highest BCUT2D eigenvalue weighted by Gasteiger charge is 2.06. The largest absolute Gasteiger partial charge is 0.493 e. The van der Waals surface area contributed by atoms with Gasteiger partial charge in [0.05, 0.1) is 24.4 Å². The maximum Gasteiger partial charge on any atom is 0.248 e. The molecule has 0 aliphatic heterocycles. The standard InChI is InChI=1S/C21H24ClNO3/c1-3-4-7-14-26-19-12-10-16(15-20(19)25-2)11-13-21(24)23-18-9-6-5-8-17(18)22/h5-6,8-13,15H,3-4,7,14H2,1-2H3,(H,23,24). The van der Waals surface area contributed by atoms with Gasteiger partial charge in [0.2, 0.25) is 5.91 Å². The number of halogens is 1. The van der Waals surface area contributed by atoms with Crippen LogP contribution in [0.4, 0.5) is 5.69 Å². The number of carbonyl (C=O) groups excluding carboxylic acids is 1. The van der Waals surface area contributed by atoms with E-state index in [1.807, 2.05) is 30.3 Å². The topological polar surface area (TPSA) is 47.6 Å². The van der Waals surface area contributed by atoms with Crippen LogP contribution >= 0.6 is 11.6 Å². The first-order chi connectivity index (χ1) is 12.6. The third-order valence-electron chi connectivity index (χ3n) is 3.75. The predicted octanol–water partition coefficient (Wildman–Crippen LogP) is 5.57. The number of ether oxygens (including phenoxy) is 2. The normalized spacial score (nSPS) is 10.7. The Hall–Kier alpha value is -2.46. The zero-order chi connectivity index (χ0) is 18.8. The molecule has 0 saturated carbocycles. The van der Waals surface area contributed by atoms with E-state index in [2.05, 4.69) is 12.2 Å². The summed E-state index contributed by atoms with van der Waals surface area (Å²) in [6.07, 6.45) is 6.49. The van der Waals surface area contributed by atoms with Crippen LogP contribution < -0.4 is 14.8 Å². The molecule has 0 aromatic heterocycles. The summed E-state index contributed by atoms with van der Waals surface area (Å²) >= 11 is 6.03. The van der Waals surface area contributed by atoms with Crippen molar-refractivity contribution < 1.29 is 14.3 Å². The number of nitrogens with one attached hydrogen (secondary N) is 1. The van der Waals surface area contributed by atoms with E-state index < -0.39 is 0 Å². The van der Waals surface area contributed by atoms with E-state index in [9.17, 15) is 4.79 Å². The van der Waals surface area contributed by atoms with E-state index in [0.717, 1.165) is 24.8 Å². The molecule has 0 bridgehead atoms. The number of anilines is 1. The van der Waals surface area contributed by atoms with Gasteiger partial charge in [-0.3, -0.25) is 4.79 Å². The summed E-state index contributed by atoms with van der Waals surface area (Å²) in [6, 6.07) is 12.7. The van der Waals surface area contributed by atoms with Gasteiger partial charge in [-0.15, -0.1) is 0 Å². The lowest BCUT2D eigenvalue weighted by molar-refractivity contribution is -0.111. The molecule has 2 aromatic carbocycles. The summed E-state index contributed by atoms with van der Waals surface area (Å²) < 4.78 is 11.1. The van der Waals surface area contributed by atoms with Crippen molar-refractivity contribution >= 4 is 29.3 Å². The lowest BCUT2D eigenvalue weighted by Gasteiger charge is -2.11. The number of carbonyl (C=O) groups is 1. The first-order valence-corrected chi connectivity index (χ1v) is 9.06. The Bertz CT molecular complexity index is 759.